The van der Waals surface area contributed by atoms with Crippen molar-refractivity contribution >= 4 is 11.8 Å². The van der Waals surface area contributed by atoms with Crippen molar-refractivity contribution in [1.29, 1.82) is 0 Å². The zero-order chi connectivity index (χ0) is 10.1. The Labute approximate surface area is 95.6 Å². The number of piperidine rings is 1. The molecule has 1 nitrogen and oxygen atoms in total. The number of hydrogen-bond acceptors (Lipinski definition) is 2. The maximum absolute atomic E-state index is 3.47. The molecule has 80 valence electrons. The van der Waals surface area contributed by atoms with E-state index in [2.05, 4.69) is 41.3 Å². The average molecular weight is 219 g/mol. The molecule has 0 unspecified atom stereocenters. The SMILES string of the molecule is c1ccc2c(c1)CCSC21CCNCC1. The van der Waals surface area contributed by atoms with E-state index in [0.29, 0.717) is 4.75 Å². The van der Waals surface area contributed by atoms with Crippen molar-refractivity contribution in [3.05, 3.63) is 35.4 Å². The smallest absolute Gasteiger partial charge is 0.0435 e. The topological polar surface area (TPSA) is 12.0 Å². The number of aryl methyl sites for hydroxylation is 1. The molecule has 0 atom stereocenters. The Morgan fingerprint density at radius 2 is 1.93 bits per heavy atom. The lowest BCUT2D eigenvalue weighted by Crippen LogP contribution is -2.40. The Hall–Kier alpha value is -0.470. The van der Waals surface area contributed by atoms with Crippen LogP contribution in [-0.4, -0.2) is 18.8 Å². The van der Waals surface area contributed by atoms with Gasteiger partial charge in [-0.2, -0.15) is 0 Å². The number of fused-ring (bicyclic) bond motifs is 2. The van der Waals surface area contributed by atoms with Crippen molar-refractivity contribution < 1.29 is 0 Å². The lowest BCUT2D eigenvalue weighted by molar-refractivity contribution is 0.419. The fourth-order valence-electron chi connectivity index (χ4n) is 2.86. The number of rotatable bonds is 0. The Balaban J connectivity index is 2.04. The maximum Gasteiger partial charge on any atom is 0.0435 e. The van der Waals surface area contributed by atoms with Crippen molar-refractivity contribution in [2.24, 2.45) is 0 Å². The summed E-state index contributed by atoms with van der Waals surface area (Å²) in [7, 11) is 0. The van der Waals surface area contributed by atoms with Gasteiger partial charge in [-0.3, -0.25) is 0 Å². The Morgan fingerprint density at radius 3 is 2.80 bits per heavy atom. The molecule has 3 rings (SSSR count). The van der Waals surface area contributed by atoms with Crippen LogP contribution in [0, 0.1) is 0 Å². The first-order valence-electron chi connectivity index (χ1n) is 5.84. The second-order valence-electron chi connectivity index (χ2n) is 4.50. The highest BCUT2D eigenvalue weighted by Gasteiger charge is 2.37. The summed E-state index contributed by atoms with van der Waals surface area (Å²) in [6.45, 7) is 2.36. The normalized spacial score (nSPS) is 23.7. The first-order valence-corrected chi connectivity index (χ1v) is 6.82. The van der Waals surface area contributed by atoms with Crippen molar-refractivity contribution in [3.8, 4) is 0 Å². The van der Waals surface area contributed by atoms with Gasteiger partial charge in [-0.05, 0) is 49.2 Å². The minimum atomic E-state index is 0.445. The second kappa shape index (κ2) is 3.84. The molecule has 2 heteroatoms. The summed E-state index contributed by atoms with van der Waals surface area (Å²) < 4.78 is 0.445. The van der Waals surface area contributed by atoms with Gasteiger partial charge in [0.25, 0.3) is 0 Å². The van der Waals surface area contributed by atoms with E-state index in [0.717, 1.165) is 0 Å². The van der Waals surface area contributed by atoms with Crippen LogP contribution in [0.3, 0.4) is 0 Å². The summed E-state index contributed by atoms with van der Waals surface area (Å²) in [5.74, 6) is 1.30. The standard InChI is InChI=1S/C13H17NS/c1-2-4-12-11(3-1)5-10-15-13(12)6-8-14-9-7-13/h1-4,14H,5-10H2. The molecule has 1 aromatic carbocycles. The van der Waals surface area contributed by atoms with E-state index in [-0.39, 0.29) is 0 Å². The van der Waals surface area contributed by atoms with E-state index >= 15 is 0 Å². The van der Waals surface area contributed by atoms with Crippen LogP contribution < -0.4 is 5.32 Å². The van der Waals surface area contributed by atoms with Gasteiger partial charge in [0, 0.05) is 4.75 Å². The number of thioether (sulfide) groups is 1. The predicted molar refractivity (Wildman–Crippen MR) is 66.4 cm³/mol. The number of benzene rings is 1. The molecule has 1 aromatic rings. The Bertz CT molecular complexity index is 355. The highest BCUT2D eigenvalue weighted by Crippen LogP contribution is 2.48. The van der Waals surface area contributed by atoms with Crippen LogP contribution in [0.4, 0.5) is 0 Å². The maximum atomic E-state index is 3.47. The third-order valence-corrected chi connectivity index (χ3v) is 5.26. The molecule has 0 radical (unpaired) electrons. The number of hydrogen-bond donors (Lipinski definition) is 1. The first-order chi connectivity index (χ1) is 7.41. The summed E-state index contributed by atoms with van der Waals surface area (Å²) in [5, 5.41) is 3.47. The molecule has 2 aliphatic rings. The van der Waals surface area contributed by atoms with Gasteiger partial charge in [0.05, 0.1) is 0 Å². The van der Waals surface area contributed by atoms with Gasteiger partial charge in [0.2, 0.25) is 0 Å². The van der Waals surface area contributed by atoms with Crippen molar-refractivity contribution in [3.63, 3.8) is 0 Å². The molecular formula is C13H17NS. The molecule has 0 aliphatic carbocycles. The summed E-state index contributed by atoms with van der Waals surface area (Å²) in [6.07, 6.45) is 3.86. The van der Waals surface area contributed by atoms with E-state index in [1.165, 1.54) is 38.1 Å². The number of nitrogens with one attached hydrogen (secondary N) is 1. The molecule has 15 heavy (non-hydrogen) atoms. The third kappa shape index (κ3) is 1.60. The molecule has 2 aliphatic heterocycles. The van der Waals surface area contributed by atoms with E-state index in [1.807, 2.05) is 0 Å². The van der Waals surface area contributed by atoms with Crippen LogP contribution in [-0.2, 0) is 11.2 Å². The molecular weight excluding hydrogens is 202 g/mol. The molecule has 0 amide bonds. The van der Waals surface area contributed by atoms with Gasteiger partial charge >= 0.3 is 0 Å². The van der Waals surface area contributed by atoms with Gasteiger partial charge in [-0.15, -0.1) is 11.8 Å². The van der Waals surface area contributed by atoms with Crippen LogP contribution in [0.2, 0.25) is 0 Å². The lowest BCUT2D eigenvalue weighted by Gasteiger charge is -2.41. The minimum Gasteiger partial charge on any atom is -0.317 e. The molecule has 1 saturated heterocycles. The monoisotopic (exact) mass is 219 g/mol. The molecule has 1 fully saturated rings. The zero-order valence-electron chi connectivity index (χ0n) is 8.96. The quantitative estimate of drug-likeness (QED) is 0.719. The summed E-state index contributed by atoms with van der Waals surface area (Å²) in [5.41, 5.74) is 3.22. The van der Waals surface area contributed by atoms with Crippen molar-refractivity contribution in [1.82, 2.24) is 5.32 Å². The molecule has 0 saturated carbocycles. The fraction of sp³-hybridized carbons (Fsp3) is 0.538. The Kier molecular flexibility index (Phi) is 2.49. The molecule has 2 heterocycles. The zero-order valence-corrected chi connectivity index (χ0v) is 9.78. The fourth-order valence-corrected chi connectivity index (χ4v) is 4.42. The van der Waals surface area contributed by atoms with E-state index < -0.39 is 0 Å². The van der Waals surface area contributed by atoms with Crippen molar-refractivity contribution in [2.75, 3.05) is 18.8 Å². The predicted octanol–water partition coefficient (Wildman–Crippen LogP) is 2.55. The highest BCUT2D eigenvalue weighted by atomic mass is 32.2. The minimum absolute atomic E-state index is 0.445. The highest BCUT2D eigenvalue weighted by molar-refractivity contribution is 8.00. The van der Waals surface area contributed by atoms with Crippen LogP contribution in [0.25, 0.3) is 0 Å². The van der Waals surface area contributed by atoms with Gasteiger partial charge in [-0.1, -0.05) is 24.3 Å². The van der Waals surface area contributed by atoms with Crippen LogP contribution >= 0.6 is 11.8 Å². The molecule has 0 aromatic heterocycles. The molecule has 1 N–H and O–H groups in total. The third-order valence-electron chi connectivity index (χ3n) is 3.67. The van der Waals surface area contributed by atoms with Gasteiger partial charge < -0.3 is 5.32 Å². The van der Waals surface area contributed by atoms with E-state index in [9.17, 15) is 0 Å². The van der Waals surface area contributed by atoms with E-state index in [4.69, 9.17) is 0 Å². The van der Waals surface area contributed by atoms with E-state index in [1.54, 1.807) is 11.1 Å². The Morgan fingerprint density at radius 1 is 1.13 bits per heavy atom. The van der Waals surface area contributed by atoms with Crippen LogP contribution in [0.15, 0.2) is 24.3 Å². The summed E-state index contributed by atoms with van der Waals surface area (Å²) in [6, 6.07) is 9.06. The molecule has 1 spiro atoms. The summed E-state index contributed by atoms with van der Waals surface area (Å²) in [4.78, 5) is 0. The largest absolute Gasteiger partial charge is 0.317 e. The lowest BCUT2D eigenvalue weighted by atomic mass is 9.85. The van der Waals surface area contributed by atoms with Gasteiger partial charge in [-0.25, -0.2) is 0 Å². The van der Waals surface area contributed by atoms with Gasteiger partial charge in [0.1, 0.15) is 0 Å². The van der Waals surface area contributed by atoms with Crippen LogP contribution in [0.5, 0.6) is 0 Å². The van der Waals surface area contributed by atoms with Crippen LogP contribution in [0.1, 0.15) is 24.0 Å². The van der Waals surface area contributed by atoms with Gasteiger partial charge in [0.15, 0.2) is 0 Å². The van der Waals surface area contributed by atoms with Crippen molar-refractivity contribution in [2.45, 2.75) is 24.0 Å². The average Bonchev–Trinajstić information content (AvgIpc) is 2.31. The summed E-state index contributed by atoms with van der Waals surface area (Å²) >= 11 is 2.19. The molecule has 0 bridgehead atoms. The second-order valence-corrected chi connectivity index (χ2v) is 5.98. The first kappa shape index (κ1) is 9.73.